The van der Waals surface area contributed by atoms with Gasteiger partial charge in [-0.1, -0.05) is 44.4 Å². The van der Waals surface area contributed by atoms with Crippen molar-refractivity contribution >= 4 is 7.32 Å². The van der Waals surface area contributed by atoms with Crippen LogP contribution in [0.1, 0.15) is 45.1 Å². The van der Waals surface area contributed by atoms with E-state index in [-0.39, 0.29) is 0 Å². The monoisotopic (exact) mass is 264 g/mol. The molecule has 0 amide bonds. The third-order valence-electron chi connectivity index (χ3n) is 2.76. The van der Waals surface area contributed by atoms with Crippen molar-refractivity contribution in [1.82, 2.24) is 0 Å². The van der Waals surface area contributed by atoms with Gasteiger partial charge in [-0.05, 0) is 31.9 Å². The Labute approximate surface area is 117 Å². The standard InChI is InChI=1S/C15H25BO3/c1-4-6-12-17-16(18-13-7-5-2)19-15-10-8-14(3)9-11-15/h8-11H,4-7,12-13H2,1-3H3. The first-order valence-corrected chi connectivity index (χ1v) is 7.22. The molecule has 0 atom stereocenters. The van der Waals surface area contributed by atoms with Gasteiger partial charge in [0.2, 0.25) is 0 Å². The van der Waals surface area contributed by atoms with Crippen LogP contribution in [-0.4, -0.2) is 20.5 Å². The van der Waals surface area contributed by atoms with Crippen LogP contribution in [0.4, 0.5) is 0 Å². The van der Waals surface area contributed by atoms with Crippen LogP contribution in [0.3, 0.4) is 0 Å². The Morgan fingerprint density at radius 1 is 0.895 bits per heavy atom. The van der Waals surface area contributed by atoms with Crippen molar-refractivity contribution in [3.63, 3.8) is 0 Å². The number of unbranched alkanes of at least 4 members (excludes halogenated alkanes) is 2. The van der Waals surface area contributed by atoms with Gasteiger partial charge >= 0.3 is 7.32 Å². The Morgan fingerprint density at radius 2 is 1.42 bits per heavy atom. The topological polar surface area (TPSA) is 27.7 Å². The predicted molar refractivity (Wildman–Crippen MR) is 79.3 cm³/mol. The van der Waals surface area contributed by atoms with Crippen LogP contribution >= 0.6 is 0 Å². The fraction of sp³-hybridized carbons (Fsp3) is 0.600. The maximum atomic E-state index is 5.72. The fourth-order valence-electron chi connectivity index (χ4n) is 1.49. The quantitative estimate of drug-likeness (QED) is 0.472. The zero-order chi connectivity index (χ0) is 13.9. The van der Waals surface area contributed by atoms with E-state index in [1.54, 1.807) is 0 Å². The molecule has 0 aliphatic carbocycles. The minimum Gasteiger partial charge on any atom is -0.512 e. The number of benzene rings is 1. The van der Waals surface area contributed by atoms with Gasteiger partial charge in [-0.3, -0.25) is 0 Å². The molecule has 0 saturated heterocycles. The minimum absolute atomic E-state index is 0.596. The summed E-state index contributed by atoms with van der Waals surface area (Å²) in [5, 5.41) is 0. The molecule has 0 saturated carbocycles. The van der Waals surface area contributed by atoms with Gasteiger partial charge in [-0.2, -0.15) is 0 Å². The van der Waals surface area contributed by atoms with Crippen molar-refractivity contribution in [1.29, 1.82) is 0 Å². The maximum Gasteiger partial charge on any atom is 0.713 e. The lowest BCUT2D eigenvalue weighted by molar-refractivity contribution is 0.137. The van der Waals surface area contributed by atoms with E-state index >= 15 is 0 Å². The van der Waals surface area contributed by atoms with Gasteiger partial charge in [-0.25, -0.2) is 0 Å². The summed E-state index contributed by atoms with van der Waals surface area (Å²) in [6.07, 6.45) is 4.24. The molecular formula is C15H25BO3. The molecule has 0 radical (unpaired) electrons. The van der Waals surface area contributed by atoms with Crippen LogP contribution < -0.4 is 4.65 Å². The molecule has 0 unspecified atom stereocenters. The van der Waals surface area contributed by atoms with Crippen molar-refractivity contribution < 1.29 is 14.0 Å². The number of hydrogen-bond donors (Lipinski definition) is 0. The second-order valence-electron chi connectivity index (χ2n) is 4.67. The van der Waals surface area contributed by atoms with Crippen LogP contribution in [0, 0.1) is 6.92 Å². The highest BCUT2D eigenvalue weighted by Crippen LogP contribution is 2.13. The highest BCUT2D eigenvalue weighted by molar-refractivity contribution is 6.37. The second-order valence-corrected chi connectivity index (χ2v) is 4.67. The maximum absolute atomic E-state index is 5.72. The summed E-state index contributed by atoms with van der Waals surface area (Å²) in [6, 6.07) is 7.92. The van der Waals surface area contributed by atoms with Crippen LogP contribution in [0.25, 0.3) is 0 Å². The summed E-state index contributed by atoms with van der Waals surface area (Å²) >= 11 is 0. The van der Waals surface area contributed by atoms with Gasteiger partial charge in [-0.15, -0.1) is 0 Å². The van der Waals surface area contributed by atoms with Gasteiger partial charge in [0.25, 0.3) is 0 Å². The van der Waals surface area contributed by atoms with E-state index in [9.17, 15) is 0 Å². The van der Waals surface area contributed by atoms with Gasteiger partial charge in [0.05, 0.1) is 0 Å². The smallest absolute Gasteiger partial charge is 0.512 e. The lowest BCUT2D eigenvalue weighted by atomic mass is 10.2. The average Bonchev–Trinajstić information content (AvgIpc) is 2.41. The van der Waals surface area contributed by atoms with Gasteiger partial charge in [0.15, 0.2) is 0 Å². The number of rotatable bonds is 10. The molecule has 0 aliphatic rings. The van der Waals surface area contributed by atoms with Crippen molar-refractivity contribution in [3.8, 4) is 5.75 Å². The van der Waals surface area contributed by atoms with Crippen molar-refractivity contribution in [2.24, 2.45) is 0 Å². The van der Waals surface area contributed by atoms with Crippen LogP contribution in [0.2, 0.25) is 0 Å². The van der Waals surface area contributed by atoms with Crippen molar-refractivity contribution in [3.05, 3.63) is 29.8 Å². The summed E-state index contributed by atoms with van der Waals surface area (Å²) < 4.78 is 17.0. The molecular weight excluding hydrogens is 239 g/mol. The highest BCUT2D eigenvalue weighted by Gasteiger charge is 2.23. The lowest BCUT2D eigenvalue weighted by Gasteiger charge is -2.15. The summed E-state index contributed by atoms with van der Waals surface area (Å²) in [5.41, 5.74) is 1.21. The van der Waals surface area contributed by atoms with E-state index in [1.165, 1.54) is 5.56 Å². The largest absolute Gasteiger partial charge is 0.713 e. The summed E-state index contributed by atoms with van der Waals surface area (Å²) in [7, 11) is -0.596. The molecule has 0 fully saturated rings. The normalized spacial score (nSPS) is 10.5. The van der Waals surface area contributed by atoms with Gasteiger partial charge in [0, 0.05) is 13.2 Å². The second kappa shape index (κ2) is 9.87. The Morgan fingerprint density at radius 3 is 1.89 bits per heavy atom. The molecule has 4 heteroatoms. The Balaban J connectivity index is 2.44. The SMILES string of the molecule is CCCCOB(OCCCC)Oc1ccc(C)cc1. The first-order chi connectivity index (χ1) is 9.26. The van der Waals surface area contributed by atoms with E-state index in [2.05, 4.69) is 20.8 Å². The molecule has 0 aromatic heterocycles. The molecule has 0 spiro atoms. The number of aryl methyl sites for hydroxylation is 1. The molecule has 3 nitrogen and oxygen atoms in total. The summed E-state index contributed by atoms with van der Waals surface area (Å²) in [4.78, 5) is 0. The van der Waals surface area contributed by atoms with E-state index in [4.69, 9.17) is 14.0 Å². The van der Waals surface area contributed by atoms with Gasteiger partial charge in [0.1, 0.15) is 5.75 Å². The highest BCUT2D eigenvalue weighted by atomic mass is 16.7. The summed E-state index contributed by atoms with van der Waals surface area (Å²) in [5.74, 6) is 0.781. The van der Waals surface area contributed by atoms with E-state index in [0.717, 1.165) is 31.4 Å². The zero-order valence-corrected chi connectivity index (χ0v) is 12.4. The third-order valence-corrected chi connectivity index (χ3v) is 2.76. The Hall–Kier alpha value is -0.995. The zero-order valence-electron chi connectivity index (χ0n) is 12.4. The van der Waals surface area contributed by atoms with Crippen molar-refractivity contribution in [2.45, 2.75) is 46.5 Å². The number of hydrogen-bond acceptors (Lipinski definition) is 3. The predicted octanol–water partition coefficient (Wildman–Crippen LogP) is 3.99. The molecule has 19 heavy (non-hydrogen) atoms. The molecule has 0 aliphatic heterocycles. The van der Waals surface area contributed by atoms with Crippen LogP contribution in [0.5, 0.6) is 5.75 Å². The van der Waals surface area contributed by atoms with Crippen LogP contribution in [0.15, 0.2) is 24.3 Å². The molecule has 1 rings (SSSR count). The molecule has 106 valence electrons. The Bertz CT molecular complexity index is 317. The molecule has 0 N–H and O–H groups in total. The summed E-state index contributed by atoms with van der Waals surface area (Å²) in [6.45, 7) is 7.66. The van der Waals surface area contributed by atoms with Crippen LogP contribution in [-0.2, 0) is 9.31 Å². The lowest BCUT2D eigenvalue weighted by Crippen LogP contribution is -2.31. The third kappa shape index (κ3) is 7.23. The van der Waals surface area contributed by atoms with E-state index in [1.807, 2.05) is 24.3 Å². The molecule has 0 heterocycles. The Kier molecular flexibility index (Phi) is 8.35. The fourth-order valence-corrected chi connectivity index (χ4v) is 1.49. The van der Waals surface area contributed by atoms with Gasteiger partial charge < -0.3 is 14.0 Å². The molecule has 1 aromatic rings. The van der Waals surface area contributed by atoms with Crippen molar-refractivity contribution in [2.75, 3.05) is 13.2 Å². The van der Waals surface area contributed by atoms with E-state index < -0.39 is 7.32 Å². The molecule has 1 aromatic carbocycles. The first-order valence-electron chi connectivity index (χ1n) is 7.22. The van der Waals surface area contributed by atoms with E-state index in [0.29, 0.717) is 13.2 Å². The average molecular weight is 264 g/mol. The minimum atomic E-state index is -0.596. The first kappa shape index (κ1) is 16.1. The molecule has 0 bridgehead atoms.